The number of carbonyl (C=O) groups excluding carboxylic acids is 3. The van der Waals surface area contributed by atoms with Crippen molar-refractivity contribution in [3.63, 3.8) is 0 Å². The Balaban J connectivity index is 2.65. The average Bonchev–Trinajstić information content (AvgIpc) is 2.16. The first-order chi connectivity index (χ1) is 7.49. The maximum atomic E-state index is 11.0. The van der Waals surface area contributed by atoms with Gasteiger partial charge in [-0.25, -0.2) is 0 Å². The molecule has 0 aliphatic rings. The van der Waals surface area contributed by atoms with E-state index in [4.69, 9.17) is 0 Å². The summed E-state index contributed by atoms with van der Waals surface area (Å²) in [6.07, 6.45) is -0.748. The average molecular weight is 221 g/mol. The first kappa shape index (κ1) is 11.7. The van der Waals surface area contributed by atoms with Gasteiger partial charge in [-0.1, -0.05) is 12.1 Å². The molecule has 0 saturated carbocycles. The van der Waals surface area contributed by atoms with Gasteiger partial charge in [-0.15, -0.1) is 0 Å². The molecule has 0 unspecified atom stereocenters. The van der Waals surface area contributed by atoms with Gasteiger partial charge in [0.15, 0.2) is 0 Å². The molecule has 16 heavy (non-hydrogen) atoms. The molecule has 1 N–H and O–H groups in total. The second kappa shape index (κ2) is 4.92. The summed E-state index contributed by atoms with van der Waals surface area (Å²) in [6, 6.07) is 5.14. The van der Waals surface area contributed by atoms with E-state index in [-0.39, 0.29) is 5.56 Å². The summed E-state index contributed by atoms with van der Waals surface area (Å²) in [7, 11) is 0. The molecule has 1 rings (SSSR count). The summed E-state index contributed by atoms with van der Waals surface area (Å²) >= 11 is 0. The van der Waals surface area contributed by atoms with Crippen LogP contribution in [0.4, 0.5) is 5.69 Å². The molecule has 0 spiro atoms. The molecule has 0 bridgehead atoms. The fourth-order valence-corrected chi connectivity index (χ4v) is 1.03. The third-order valence-corrected chi connectivity index (χ3v) is 1.71. The van der Waals surface area contributed by atoms with E-state index in [1.807, 2.05) is 0 Å². The third kappa shape index (κ3) is 3.41. The maximum Gasteiger partial charge on any atom is 0.230 e. The lowest BCUT2D eigenvalue weighted by molar-refractivity contribution is -0.304. The zero-order chi connectivity index (χ0) is 12.1. The molecular formula is C10H7NO5-2. The van der Waals surface area contributed by atoms with Crippen molar-refractivity contribution in [2.75, 3.05) is 5.32 Å². The summed E-state index contributed by atoms with van der Waals surface area (Å²) in [4.78, 5) is 31.5. The minimum atomic E-state index is -1.48. The zero-order valence-corrected chi connectivity index (χ0v) is 8.06. The van der Waals surface area contributed by atoms with Crippen LogP contribution in [0.5, 0.6) is 0 Å². The normalized spacial score (nSPS) is 9.50. The Labute approximate surface area is 90.5 Å². The smallest absolute Gasteiger partial charge is 0.230 e. The van der Waals surface area contributed by atoms with Crippen molar-refractivity contribution in [1.82, 2.24) is 0 Å². The van der Waals surface area contributed by atoms with Gasteiger partial charge < -0.3 is 25.1 Å². The third-order valence-electron chi connectivity index (χ3n) is 1.71. The van der Waals surface area contributed by atoms with Crippen molar-refractivity contribution in [2.24, 2.45) is 0 Å². The van der Waals surface area contributed by atoms with Gasteiger partial charge in [0.2, 0.25) is 5.91 Å². The van der Waals surface area contributed by atoms with E-state index in [1.165, 1.54) is 24.3 Å². The highest BCUT2D eigenvalue weighted by atomic mass is 16.4. The molecule has 1 aromatic rings. The first-order valence-electron chi connectivity index (χ1n) is 4.30. The lowest BCUT2D eigenvalue weighted by Gasteiger charge is -2.07. The first-order valence-corrected chi connectivity index (χ1v) is 4.30. The predicted octanol–water partition coefficient (Wildman–Crippen LogP) is -1.87. The molecule has 0 aromatic heterocycles. The largest absolute Gasteiger partial charge is 0.550 e. The van der Waals surface area contributed by atoms with Crippen LogP contribution in [-0.2, 0) is 9.59 Å². The summed E-state index contributed by atoms with van der Waals surface area (Å²) in [5, 5.41) is 22.7. The minimum absolute atomic E-state index is 0.0297. The molecular weight excluding hydrogens is 214 g/mol. The molecule has 1 amide bonds. The fraction of sp³-hybridized carbons (Fsp3) is 0.100. The van der Waals surface area contributed by atoms with E-state index >= 15 is 0 Å². The van der Waals surface area contributed by atoms with Crippen LogP contribution in [0.3, 0.4) is 0 Å². The number of carbonyl (C=O) groups is 3. The Morgan fingerprint density at radius 3 is 2.06 bits per heavy atom. The van der Waals surface area contributed by atoms with Crippen LogP contribution in [0.1, 0.15) is 16.8 Å². The molecule has 0 fully saturated rings. The van der Waals surface area contributed by atoms with Gasteiger partial charge in [-0.2, -0.15) is 0 Å². The van der Waals surface area contributed by atoms with Crippen LogP contribution in [0.15, 0.2) is 24.3 Å². The number of anilines is 1. The van der Waals surface area contributed by atoms with Crippen molar-refractivity contribution in [1.29, 1.82) is 0 Å². The lowest BCUT2D eigenvalue weighted by Crippen LogP contribution is -2.28. The van der Waals surface area contributed by atoms with Crippen LogP contribution in [0.25, 0.3) is 0 Å². The van der Waals surface area contributed by atoms with Gasteiger partial charge in [0.05, 0.1) is 18.4 Å². The van der Waals surface area contributed by atoms with E-state index in [0.29, 0.717) is 5.69 Å². The number of hydrogen-bond donors (Lipinski definition) is 1. The highest BCUT2D eigenvalue weighted by molar-refractivity contribution is 6.00. The van der Waals surface area contributed by atoms with E-state index in [9.17, 15) is 24.6 Å². The summed E-state index contributed by atoms with van der Waals surface area (Å²) in [5.74, 6) is -3.54. The van der Waals surface area contributed by atoms with Crippen molar-refractivity contribution in [3.8, 4) is 0 Å². The van der Waals surface area contributed by atoms with Gasteiger partial charge in [-0.05, 0) is 17.7 Å². The number of amides is 1. The van der Waals surface area contributed by atoms with Crippen molar-refractivity contribution >= 4 is 23.5 Å². The molecule has 0 saturated heterocycles. The SMILES string of the molecule is O=C([O-])CC(=O)Nc1ccc(C(=O)[O-])cc1. The number of aromatic carboxylic acids is 1. The summed E-state index contributed by atoms with van der Waals surface area (Å²) in [5.41, 5.74) is 0.272. The van der Waals surface area contributed by atoms with Crippen LogP contribution in [0.2, 0.25) is 0 Å². The quantitative estimate of drug-likeness (QED) is 0.599. The van der Waals surface area contributed by atoms with Gasteiger partial charge in [0.25, 0.3) is 0 Å². The second-order valence-corrected chi connectivity index (χ2v) is 2.96. The molecule has 6 heteroatoms. The number of nitrogens with one attached hydrogen (secondary N) is 1. The van der Waals surface area contributed by atoms with E-state index in [2.05, 4.69) is 5.32 Å². The topological polar surface area (TPSA) is 109 Å². The predicted molar refractivity (Wildman–Crippen MR) is 49.0 cm³/mol. The summed E-state index contributed by atoms with van der Waals surface area (Å²) in [6.45, 7) is 0. The standard InChI is InChI=1S/C10H9NO5/c12-8(5-9(13)14)11-7-3-1-6(2-4-7)10(15)16/h1-4H,5H2,(H,11,12)(H,13,14)(H,15,16)/p-2. The monoisotopic (exact) mass is 221 g/mol. The van der Waals surface area contributed by atoms with Crippen LogP contribution in [0, 0.1) is 0 Å². The highest BCUT2D eigenvalue weighted by Gasteiger charge is 2.02. The molecule has 0 aliphatic heterocycles. The molecule has 0 aliphatic carbocycles. The number of aliphatic carboxylic acids is 1. The Kier molecular flexibility index (Phi) is 3.60. The molecule has 0 atom stereocenters. The Hall–Kier alpha value is -2.37. The number of carboxylic acid groups (broad SMARTS) is 2. The molecule has 84 valence electrons. The van der Waals surface area contributed by atoms with Crippen molar-refractivity contribution in [3.05, 3.63) is 29.8 Å². The van der Waals surface area contributed by atoms with E-state index < -0.39 is 24.3 Å². The number of benzene rings is 1. The van der Waals surface area contributed by atoms with E-state index in [1.54, 1.807) is 0 Å². The van der Waals surface area contributed by atoms with Gasteiger partial charge in [0, 0.05) is 5.69 Å². The molecule has 6 nitrogen and oxygen atoms in total. The van der Waals surface area contributed by atoms with Gasteiger partial charge in [-0.3, -0.25) is 4.79 Å². The molecule has 0 radical (unpaired) electrons. The van der Waals surface area contributed by atoms with Gasteiger partial charge in [0.1, 0.15) is 0 Å². The Morgan fingerprint density at radius 1 is 1.06 bits per heavy atom. The maximum absolute atomic E-state index is 11.0. The van der Waals surface area contributed by atoms with Crippen molar-refractivity contribution < 1.29 is 24.6 Å². The van der Waals surface area contributed by atoms with E-state index in [0.717, 1.165) is 0 Å². The summed E-state index contributed by atoms with van der Waals surface area (Å²) < 4.78 is 0. The zero-order valence-electron chi connectivity index (χ0n) is 8.06. The molecule has 1 aromatic carbocycles. The number of rotatable bonds is 4. The van der Waals surface area contributed by atoms with Gasteiger partial charge >= 0.3 is 0 Å². The van der Waals surface area contributed by atoms with Crippen LogP contribution in [-0.4, -0.2) is 17.8 Å². The Morgan fingerprint density at radius 2 is 1.62 bits per heavy atom. The molecule has 0 heterocycles. The fourth-order valence-electron chi connectivity index (χ4n) is 1.03. The van der Waals surface area contributed by atoms with Crippen molar-refractivity contribution in [2.45, 2.75) is 6.42 Å². The lowest BCUT2D eigenvalue weighted by atomic mass is 10.2. The van der Waals surface area contributed by atoms with Crippen LogP contribution < -0.4 is 15.5 Å². The number of carboxylic acids is 2. The second-order valence-electron chi connectivity index (χ2n) is 2.96. The number of hydrogen-bond acceptors (Lipinski definition) is 5. The minimum Gasteiger partial charge on any atom is -0.550 e. The highest BCUT2D eigenvalue weighted by Crippen LogP contribution is 2.09. The van der Waals surface area contributed by atoms with Crippen LogP contribution >= 0.6 is 0 Å². The Bertz CT molecular complexity index is 423.